The Hall–Kier alpha value is -5.98. The molecule has 2 aliphatic carbocycles. The van der Waals surface area contributed by atoms with E-state index < -0.39 is 88.3 Å². The zero-order valence-corrected chi connectivity index (χ0v) is 28.8. The number of nitrogens with zero attached hydrogens (tertiary/aromatic N) is 1. The summed E-state index contributed by atoms with van der Waals surface area (Å²) < 4.78 is 16.9. The van der Waals surface area contributed by atoms with Gasteiger partial charge in [0, 0.05) is 23.6 Å². The molecule has 1 aliphatic heterocycles. The Morgan fingerprint density at radius 2 is 1.75 bits per heavy atom. The van der Waals surface area contributed by atoms with Crippen molar-refractivity contribution >= 4 is 40.8 Å². The average molecular weight is 760 g/mol. The van der Waals surface area contributed by atoms with Crippen LogP contribution < -0.4 is 21.6 Å². The lowest BCUT2D eigenvalue weighted by Crippen LogP contribution is -2.70. The van der Waals surface area contributed by atoms with Crippen molar-refractivity contribution in [1.82, 2.24) is 0 Å². The molecule has 1 aromatic heterocycles. The van der Waals surface area contributed by atoms with Gasteiger partial charge < -0.3 is 71.0 Å². The maximum Gasteiger partial charge on any atom is 0.335 e. The summed E-state index contributed by atoms with van der Waals surface area (Å²) in [5.74, 6) is -6.42. The van der Waals surface area contributed by atoms with Crippen LogP contribution in [-0.4, -0.2) is 101 Å². The van der Waals surface area contributed by atoms with E-state index in [1.165, 1.54) is 18.2 Å². The molecule has 4 aromatic rings. The zero-order valence-electron chi connectivity index (χ0n) is 28.8. The summed E-state index contributed by atoms with van der Waals surface area (Å²) in [6.07, 6.45) is -5.10. The topological polar surface area (TPSA) is 309 Å². The van der Waals surface area contributed by atoms with Gasteiger partial charge in [0.2, 0.25) is 12.0 Å². The first kappa shape index (κ1) is 37.3. The molecule has 288 valence electrons. The number of aliphatic imine (C=N–C) groups is 1. The number of carbonyl (C=O) groups excluding carboxylic acids is 1. The highest BCUT2D eigenvalue weighted by Crippen LogP contribution is 2.55. The molecule has 0 spiro atoms. The molecule has 0 amide bonds. The molecule has 12 N–H and O–H groups in total. The number of hydrogen-bond acceptors (Lipinski definition) is 14. The second kappa shape index (κ2) is 13.7. The van der Waals surface area contributed by atoms with Crippen LogP contribution in [-0.2, 0) is 14.3 Å². The average Bonchev–Trinajstić information content (AvgIpc) is 3.15. The first-order valence-electron chi connectivity index (χ1n) is 17.1. The zero-order chi connectivity index (χ0) is 39.6. The largest absolute Gasteiger partial charge is 0.508 e. The summed E-state index contributed by atoms with van der Waals surface area (Å²) in [4.78, 5) is 41.7. The Labute approximate surface area is 310 Å². The minimum absolute atomic E-state index is 0.111. The number of carboxylic acids is 1. The normalized spacial score (nSPS) is 28.7. The van der Waals surface area contributed by atoms with Crippen LogP contribution >= 0.6 is 0 Å². The number of rotatable bonds is 8. The number of fused-ring (bicyclic) bond motifs is 4. The highest BCUT2D eigenvalue weighted by atomic mass is 16.7. The van der Waals surface area contributed by atoms with E-state index in [9.17, 15) is 55.2 Å². The fourth-order valence-corrected chi connectivity index (χ4v) is 7.97. The number of aliphatic hydroxyl groups is 4. The van der Waals surface area contributed by atoms with Gasteiger partial charge in [-0.25, -0.2) is 4.79 Å². The van der Waals surface area contributed by atoms with Crippen molar-refractivity contribution in [2.45, 2.75) is 61.0 Å². The van der Waals surface area contributed by atoms with Crippen LogP contribution in [0.4, 0.5) is 0 Å². The van der Waals surface area contributed by atoms with Crippen molar-refractivity contribution in [2.24, 2.45) is 22.4 Å². The van der Waals surface area contributed by atoms with Gasteiger partial charge in [-0.15, -0.1) is 0 Å². The Balaban J connectivity index is 1.35. The third-order valence-corrected chi connectivity index (χ3v) is 10.6. The second-order valence-corrected chi connectivity index (χ2v) is 14.0. The van der Waals surface area contributed by atoms with Crippen molar-refractivity contribution in [3.8, 4) is 34.3 Å². The quantitative estimate of drug-likeness (QED) is 0.0515. The van der Waals surface area contributed by atoms with Crippen molar-refractivity contribution in [1.29, 1.82) is 0 Å². The molecule has 17 heteroatoms. The summed E-state index contributed by atoms with van der Waals surface area (Å²) in [6, 6.07) is 13.8. The first-order chi connectivity index (χ1) is 26.1. The van der Waals surface area contributed by atoms with E-state index in [4.69, 9.17) is 25.4 Å². The molecule has 1 saturated heterocycles. The number of nitrogens with two attached hydrogens (primary N) is 2. The van der Waals surface area contributed by atoms with Gasteiger partial charge in [0.25, 0.3) is 0 Å². The number of aromatic hydroxyl groups is 3. The van der Waals surface area contributed by atoms with Crippen molar-refractivity contribution in [3.63, 3.8) is 0 Å². The molecule has 7 rings (SSSR count). The highest BCUT2D eigenvalue weighted by molar-refractivity contribution is 5.95. The second-order valence-electron chi connectivity index (χ2n) is 14.0. The number of ether oxygens (including phenoxy) is 2. The number of hydrogen-bond donors (Lipinski definition) is 10. The van der Waals surface area contributed by atoms with E-state index >= 15 is 0 Å². The lowest BCUT2D eigenvalue weighted by atomic mass is 9.60. The number of carboxylic acid groups (broad SMARTS) is 1. The van der Waals surface area contributed by atoms with Gasteiger partial charge in [-0.05, 0) is 65.6 Å². The predicted octanol–water partition coefficient (Wildman–Crippen LogP) is 0.859. The SMILES string of the molecule is NC(N)=NC[C@]1(O)[C@H](O)[C@@H](C(=O)O)O[C@@H](Oc2cc3oc(-c4ccc(O)cc4C4=Cc5ccccc5[C@H]5CCC[C@@](O)(C=O)[C@@H]45)cc(=O)c3c(O)c2O)[C@@H]1O. The molecule has 2 heterocycles. The highest BCUT2D eigenvalue weighted by Gasteiger charge is 2.58. The summed E-state index contributed by atoms with van der Waals surface area (Å²) in [5, 5.41) is 86.3. The van der Waals surface area contributed by atoms with Crippen molar-refractivity contribution < 1.29 is 64.3 Å². The third-order valence-electron chi connectivity index (χ3n) is 10.6. The van der Waals surface area contributed by atoms with E-state index in [1.54, 1.807) is 0 Å². The number of aliphatic hydroxyl groups excluding tert-OH is 2. The molecule has 0 bridgehead atoms. The Morgan fingerprint density at radius 3 is 2.45 bits per heavy atom. The van der Waals surface area contributed by atoms with Gasteiger partial charge in [-0.3, -0.25) is 9.79 Å². The monoisotopic (exact) mass is 759 g/mol. The van der Waals surface area contributed by atoms with E-state index in [2.05, 4.69) is 4.99 Å². The molecule has 3 aliphatic rings. The number of phenols is 3. The standard InChI is InChI=1S/C38H37N3O14/c39-36(40)41-14-38(52)32(47)31(34(49)50)55-35(33(38)48)54-26-13-25-27(30(46)29(26)45)23(44)12-24(53-25)19-8-7-17(43)11-21(19)22-10-16-4-1-2-5-18(16)20-6-3-9-37(51,15-42)28(20)22/h1-2,4-5,7-8,10-13,15,20,28,31-33,35,43,45-48,51-52H,3,6,9,14H2,(H,49,50)(H4,39,40,41)/t20-,28-,31+,32-,33+,35-,37-,38+/m1/s1. The van der Waals surface area contributed by atoms with Crippen LogP contribution in [0.5, 0.6) is 23.0 Å². The molecule has 0 radical (unpaired) electrons. The van der Waals surface area contributed by atoms with Gasteiger partial charge in [0.05, 0.1) is 6.54 Å². The lowest BCUT2D eigenvalue weighted by molar-refractivity contribution is -0.303. The minimum Gasteiger partial charge on any atom is -0.508 e. The third kappa shape index (κ3) is 6.21. The van der Waals surface area contributed by atoms with Crippen LogP contribution in [0.25, 0.3) is 33.9 Å². The van der Waals surface area contributed by atoms with Gasteiger partial charge in [-0.1, -0.05) is 30.3 Å². The molecule has 2 fully saturated rings. The van der Waals surface area contributed by atoms with E-state index in [0.29, 0.717) is 30.3 Å². The van der Waals surface area contributed by atoms with Crippen molar-refractivity contribution in [3.05, 3.63) is 81.5 Å². The maximum atomic E-state index is 13.6. The fourth-order valence-electron chi connectivity index (χ4n) is 7.97. The number of guanidine groups is 1. The van der Waals surface area contributed by atoms with E-state index in [0.717, 1.165) is 23.3 Å². The van der Waals surface area contributed by atoms with Gasteiger partial charge >= 0.3 is 5.97 Å². The first-order valence-corrected chi connectivity index (χ1v) is 17.1. The number of phenolic OH excluding ortho intramolecular Hbond substituents is 3. The van der Waals surface area contributed by atoms with Crippen LogP contribution in [0.3, 0.4) is 0 Å². The van der Waals surface area contributed by atoms with Crippen molar-refractivity contribution in [2.75, 3.05) is 6.54 Å². The van der Waals surface area contributed by atoms with Gasteiger partial charge in [0.15, 0.2) is 35.3 Å². The Kier molecular flexibility index (Phi) is 9.30. The maximum absolute atomic E-state index is 13.6. The lowest BCUT2D eigenvalue weighted by Gasteiger charge is -2.46. The molecular weight excluding hydrogens is 722 g/mol. The Bertz CT molecular complexity index is 2340. The van der Waals surface area contributed by atoms with Crippen LogP contribution in [0.1, 0.15) is 41.9 Å². The summed E-state index contributed by atoms with van der Waals surface area (Å²) in [6.45, 7) is -0.902. The molecule has 0 unspecified atom stereocenters. The fraction of sp³-hybridized carbons (Fsp3) is 0.316. The molecule has 17 nitrogen and oxygen atoms in total. The molecule has 55 heavy (non-hydrogen) atoms. The minimum atomic E-state index is -2.76. The summed E-state index contributed by atoms with van der Waals surface area (Å²) in [7, 11) is 0. The van der Waals surface area contributed by atoms with Gasteiger partial charge in [-0.2, -0.15) is 0 Å². The number of carbonyl (C=O) groups is 2. The summed E-state index contributed by atoms with van der Waals surface area (Å²) >= 11 is 0. The predicted molar refractivity (Wildman–Crippen MR) is 193 cm³/mol. The van der Waals surface area contributed by atoms with Crippen LogP contribution in [0, 0.1) is 5.92 Å². The van der Waals surface area contributed by atoms with Crippen LogP contribution in [0.15, 0.2) is 68.8 Å². The van der Waals surface area contributed by atoms with Gasteiger partial charge in [0.1, 0.15) is 45.9 Å². The number of benzene rings is 3. The van der Waals surface area contributed by atoms with Crippen LogP contribution in [0.2, 0.25) is 0 Å². The van der Waals surface area contributed by atoms with E-state index in [1.807, 2.05) is 30.3 Å². The van der Waals surface area contributed by atoms with E-state index in [-0.39, 0.29) is 35.0 Å². The molecule has 3 aromatic carbocycles. The smallest absolute Gasteiger partial charge is 0.335 e. The number of aliphatic carboxylic acids is 1. The Morgan fingerprint density at radius 1 is 1.00 bits per heavy atom. The molecule has 1 saturated carbocycles. The number of aldehydes is 1. The summed E-state index contributed by atoms with van der Waals surface area (Å²) in [5.41, 5.74) is 7.75. The molecule has 8 atom stereocenters. The molecular formula is C38H37N3O14.